The third-order valence-electron chi connectivity index (χ3n) is 1.24. The molecule has 0 amide bonds. The molecule has 0 heterocycles. The highest BCUT2D eigenvalue weighted by atomic mass is 79.9. The predicted molar refractivity (Wildman–Crippen MR) is 55.0 cm³/mol. The topological polar surface area (TPSA) is 50.2 Å². The van der Waals surface area contributed by atoms with Crippen molar-refractivity contribution < 1.29 is 22.7 Å². The minimum Gasteiger partial charge on any atom is -0.466 e. The molecule has 0 bridgehead atoms. The first kappa shape index (κ1) is 14.5. The van der Waals surface area contributed by atoms with Gasteiger partial charge < -0.3 is 4.74 Å². The Balaban J connectivity index is 4.69. The maximum Gasteiger partial charge on any atom is 0.439 e. The van der Waals surface area contributed by atoms with E-state index >= 15 is 0 Å². The van der Waals surface area contributed by atoms with Crippen molar-refractivity contribution >= 4 is 38.7 Å². The van der Waals surface area contributed by atoms with Gasteiger partial charge in [-0.15, -0.1) is 0 Å². The smallest absolute Gasteiger partial charge is 0.439 e. The van der Waals surface area contributed by atoms with Gasteiger partial charge in [-0.2, -0.15) is 13.2 Å². The molecule has 86 valence electrons. The fourth-order valence-electron chi connectivity index (χ4n) is 0.457. The number of halogens is 4. The van der Waals surface area contributed by atoms with Crippen LogP contribution in [-0.4, -0.2) is 24.3 Å². The van der Waals surface area contributed by atoms with E-state index in [9.17, 15) is 18.0 Å². The van der Waals surface area contributed by atoms with Crippen LogP contribution in [0.2, 0.25) is 0 Å². The first-order valence-electron chi connectivity index (χ1n) is 3.48. The zero-order chi connectivity index (χ0) is 12.2. The zero-order valence-electron chi connectivity index (χ0n) is 7.74. The van der Waals surface area contributed by atoms with Crippen LogP contribution in [0.15, 0.2) is 9.39 Å². The molecule has 0 aliphatic heterocycles. The molecule has 0 aliphatic rings. The molecule has 0 saturated carbocycles. The second kappa shape index (κ2) is 5.55. The van der Waals surface area contributed by atoms with Gasteiger partial charge >= 0.3 is 12.1 Å². The van der Waals surface area contributed by atoms with E-state index in [4.69, 9.17) is 5.41 Å². The number of esters is 1. The van der Waals surface area contributed by atoms with Gasteiger partial charge in [0.15, 0.2) is 5.04 Å². The standard InChI is InChI=1S/C7H7BrF3NO2S/c1-3(5(13)14-2)4(8)15-6(12)7(9,10)11/h12H,1-2H3/b4-3+,12-6?. The SMILES string of the molecule is COC(=O)/C(C)=C(\Br)SC(=N)C(F)(F)F. The summed E-state index contributed by atoms with van der Waals surface area (Å²) in [4.78, 5) is 10.9. The lowest BCUT2D eigenvalue weighted by atomic mass is 10.4. The number of alkyl halides is 3. The summed E-state index contributed by atoms with van der Waals surface area (Å²) < 4.78 is 40.1. The van der Waals surface area contributed by atoms with Gasteiger partial charge in [0, 0.05) is 0 Å². The summed E-state index contributed by atoms with van der Waals surface area (Å²) >= 11 is 2.89. The highest BCUT2D eigenvalue weighted by molar-refractivity contribution is 9.14. The van der Waals surface area contributed by atoms with Crippen molar-refractivity contribution in [2.45, 2.75) is 13.1 Å². The number of hydrogen-bond donors (Lipinski definition) is 1. The monoisotopic (exact) mass is 305 g/mol. The van der Waals surface area contributed by atoms with Crippen molar-refractivity contribution in [1.82, 2.24) is 0 Å². The molecule has 0 atom stereocenters. The van der Waals surface area contributed by atoms with E-state index in [0.717, 1.165) is 7.11 Å². The number of hydrogen-bond acceptors (Lipinski definition) is 4. The van der Waals surface area contributed by atoms with Crippen molar-refractivity contribution in [2.24, 2.45) is 0 Å². The van der Waals surface area contributed by atoms with E-state index < -0.39 is 17.2 Å². The second-order valence-electron chi connectivity index (χ2n) is 2.32. The summed E-state index contributed by atoms with van der Waals surface area (Å²) in [6.07, 6.45) is -4.71. The second-order valence-corrected chi connectivity index (χ2v) is 4.66. The van der Waals surface area contributed by atoms with Crippen molar-refractivity contribution in [1.29, 1.82) is 5.41 Å². The Bertz CT molecular complexity index is 314. The van der Waals surface area contributed by atoms with E-state index in [-0.39, 0.29) is 21.1 Å². The molecule has 0 saturated heterocycles. The number of rotatable bonds is 2. The van der Waals surface area contributed by atoms with E-state index in [1.165, 1.54) is 6.92 Å². The highest BCUT2D eigenvalue weighted by Gasteiger charge is 2.35. The average Bonchev–Trinajstić information content (AvgIpc) is 2.13. The molecule has 15 heavy (non-hydrogen) atoms. The molecule has 0 aliphatic carbocycles. The van der Waals surface area contributed by atoms with Gasteiger partial charge in [-0.1, -0.05) is 11.8 Å². The maximum atomic E-state index is 12.0. The maximum absolute atomic E-state index is 12.0. The summed E-state index contributed by atoms with van der Waals surface area (Å²) in [6, 6.07) is 0. The van der Waals surface area contributed by atoms with Gasteiger partial charge in [-0.3, -0.25) is 5.41 Å². The van der Waals surface area contributed by atoms with Gasteiger partial charge in [0.05, 0.1) is 16.5 Å². The van der Waals surface area contributed by atoms with Crippen LogP contribution in [0.1, 0.15) is 6.92 Å². The van der Waals surface area contributed by atoms with E-state index in [2.05, 4.69) is 20.7 Å². The lowest BCUT2D eigenvalue weighted by molar-refractivity contribution is -0.136. The Morgan fingerprint density at radius 3 is 2.27 bits per heavy atom. The summed E-state index contributed by atoms with van der Waals surface area (Å²) in [5.74, 6) is -0.746. The first-order chi connectivity index (χ1) is 6.70. The molecule has 8 heteroatoms. The van der Waals surface area contributed by atoms with Crippen LogP contribution in [0.25, 0.3) is 0 Å². The van der Waals surface area contributed by atoms with Crippen LogP contribution >= 0.6 is 27.7 Å². The molecule has 0 fully saturated rings. The molecule has 1 N–H and O–H groups in total. The molecule has 0 aromatic heterocycles. The number of methoxy groups -OCH3 is 1. The van der Waals surface area contributed by atoms with Crippen LogP contribution < -0.4 is 0 Å². The Morgan fingerprint density at radius 2 is 1.93 bits per heavy atom. The van der Waals surface area contributed by atoms with E-state index in [1.807, 2.05) is 0 Å². The number of carbonyl (C=O) groups is 1. The largest absolute Gasteiger partial charge is 0.466 e. The minimum absolute atomic E-state index is 0.0171. The van der Waals surface area contributed by atoms with E-state index in [1.54, 1.807) is 0 Å². The van der Waals surface area contributed by atoms with Crippen molar-refractivity contribution in [3.05, 3.63) is 9.39 Å². The summed E-state index contributed by atoms with van der Waals surface area (Å²) in [7, 11) is 1.12. The molecule has 3 nitrogen and oxygen atoms in total. The van der Waals surface area contributed by atoms with Gasteiger partial charge in [0.2, 0.25) is 0 Å². The Labute approximate surface area is 96.7 Å². The molecule has 0 aromatic carbocycles. The van der Waals surface area contributed by atoms with Crippen LogP contribution in [0, 0.1) is 5.41 Å². The van der Waals surface area contributed by atoms with Crippen molar-refractivity contribution in [3.8, 4) is 0 Å². The highest BCUT2D eigenvalue weighted by Crippen LogP contribution is 2.33. The number of nitrogens with one attached hydrogen (secondary N) is 1. The minimum atomic E-state index is -4.71. The van der Waals surface area contributed by atoms with Gasteiger partial charge in [-0.25, -0.2) is 4.79 Å². The fourth-order valence-corrected chi connectivity index (χ4v) is 1.64. The number of ether oxygens (including phenoxy) is 1. The summed E-state index contributed by atoms with van der Waals surface area (Å²) in [5, 5.41) is 5.18. The first-order valence-corrected chi connectivity index (χ1v) is 5.09. The summed E-state index contributed by atoms with van der Waals surface area (Å²) in [6.45, 7) is 1.30. The Hall–Kier alpha value is -0.500. The molecular weight excluding hydrogens is 299 g/mol. The zero-order valence-corrected chi connectivity index (χ0v) is 10.1. The number of thioether (sulfide) groups is 1. The van der Waals surface area contributed by atoms with Crippen molar-refractivity contribution in [3.63, 3.8) is 0 Å². The third kappa shape index (κ3) is 4.70. The quantitative estimate of drug-likeness (QED) is 0.369. The predicted octanol–water partition coefficient (Wildman–Crippen LogP) is 3.06. The van der Waals surface area contributed by atoms with Gasteiger partial charge in [0.1, 0.15) is 0 Å². The van der Waals surface area contributed by atoms with Crippen LogP contribution in [0.4, 0.5) is 13.2 Å². The molecule has 0 rings (SSSR count). The summed E-state index contributed by atoms with van der Waals surface area (Å²) in [5.41, 5.74) is -0.0171. The van der Waals surface area contributed by atoms with Crippen LogP contribution in [0.5, 0.6) is 0 Å². The fraction of sp³-hybridized carbons (Fsp3) is 0.429. The lowest BCUT2D eigenvalue weighted by Gasteiger charge is -2.08. The van der Waals surface area contributed by atoms with E-state index in [0.29, 0.717) is 0 Å². The number of carbonyl (C=O) groups excluding carboxylic acids is 1. The van der Waals surface area contributed by atoms with Crippen LogP contribution in [0.3, 0.4) is 0 Å². The third-order valence-corrected chi connectivity index (χ3v) is 3.24. The van der Waals surface area contributed by atoms with Crippen molar-refractivity contribution in [2.75, 3.05) is 7.11 Å². The molecule has 0 spiro atoms. The molecule has 0 radical (unpaired) electrons. The van der Waals surface area contributed by atoms with Crippen LogP contribution in [-0.2, 0) is 9.53 Å². The molecule has 0 unspecified atom stereocenters. The Kier molecular flexibility index (Phi) is 5.36. The normalized spacial score (nSPS) is 13.2. The Morgan fingerprint density at radius 1 is 1.47 bits per heavy atom. The lowest BCUT2D eigenvalue weighted by Crippen LogP contribution is -2.18. The van der Waals surface area contributed by atoms with Gasteiger partial charge in [0.25, 0.3) is 0 Å². The average molecular weight is 306 g/mol. The molecule has 0 aromatic rings. The van der Waals surface area contributed by atoms with Gasteiger partial charge in [-0.05, 0) is 22.9 Å². The molecular formula is C7H7BrF3NO2S.